The van der Waals surface area contributed by atoms with E-state index in [1.807, 2.05) is 0 Å². The molecule has 0 atom stereocenters. The maximum Gasteiger partial charge on any atom is 4.00 e. The average molecular weight is 763 g/mol. The standard InChI is InChI=1S/4C8H16O2.Os/c4*1-2-3-4-5-6-7-8(9)10;/h4*2-7H2,1H3,(H,9,10);/q;;;;+4/p-4. The number of unbranched alkanes of at least 4 members (excludes halogenated alkanes) is 16. The molecule has 0 aliphatic carbocycles. The van der Waals surface area contributed by atoms with Crippen LogP contribution in [0.4, 0.5) is 0 Å². The summed E-state index contributed by atoms with van der Waals surface area (Å²) in [6, 6.07) is 0. The molecule has 0 saturated carbocycles. The fourth-order valence-electron chi connectivity index (χ4n) is 3.49. The molecule has 0 amide bonds. The molecule has 0 aliphatic rings. The van der Waals surface area contributed by atoms with Crippen molar-refractivity contribution in [2.75, 3.05) is 0 Å². The average Bonchev–Trinajstić information content (AvgIpc) is 2.89. The Morgan fingerprint density at radius 1 is 0.317 bits per heavy atom. The zero-order valence-corrected chi connectivity index (χ0v) is 29.1. The summed E-state index contributed by atoms with van der Waals surface area (Å²) in [6.07, 6.45) is 22.4. The molecule has 0 aromatic rings. The van der Waals surface area contributed by atoms with Gasteiger partial charge in [-0.25, -0.2) is 0 Å². The quantitative estimate of drug-likeness (QED) is 0.131. The number of aliphatic carboxylic acids is 4. The molecule has 0 aliphatic heterocycles. The van der Waals surface area contributed by atoms with Crippen molar-refractivity contribution in [3.8, 4) is 0 Å². The van der Waals surface area contributed by atoms with E-state index < -0.39 is 23.9 Å². The molecule has 0 aromatic carbocycles. The minimum Gasteiger partial charge on any atom is -0.550 e. The molecule has 9 heteroatoms. The van der Waals surface area contributed by atoms with Crippen molar-refractivity contribution >= 4 is 23.9 Å². The fraction of sp³-hybridized carbons (Fsp3) is 0.875. The molecule has 0 fully saturated rings. The van der Waals surface area contributed by atoms with Crippen LogP contribution in [0.1, 0.15) is 182 Å². The Morgan fingerprint density at radius 3 is 0.585 bits per heavy atom. The molecule has 0 unspecified atom stereocenters. The second-order valence-electron chi connectivity index (χ2n) is 10.1. The minimum absolute atomic E-state index is 0. The summed E-state index contributed by atoms with van der Waals surface area (Å²) in [5, 5.41) is 39.7. The van der Waals surface area contributed by atoms with Gasteiger partial charge in [0.25, 0.3) is 0 Å². The maximum atomic E-state index is 9.92. The first-order valence-electron chi connectivity index (χ1n) is 15.9. The normalized spacial score (nSPS) is 9.46. The number of carbonyl (C=O) groups excluding carboxylic acids is 4. The fourth-order valence-corrected chi connectivity index (χ4v) is 3.49. The number of hydrogen-bond acceptors (Lipinski definition) is 8. The van der Waals surface area contributed by atoms with Crippen molar-refractivity contribution in [2.45, 2.75) is 182 Å². The number of hydrogen-bond donors (Lipinski definition) is 0. The smallest absolute Gasteiger partial charge is 0.550 e. The first-order valence-corrected chi connectivity index (χ1v) is 15.9. The topological polar surface area (TPSA) is 161 Å². The van der Waals surface area contributed by atoms with Crippen LogP contribution < -0.4 is 20.4 Å². The van der Waals surface area contributed by atoms with E-state index in [1.165, 1.54) is 51.4 Å². The van der Waals surface area contributed by atoms with Gasteiger partial charge in [0.1, 0.15) is 0 Å². The SMILES string of the molecule is CCCCCCCC(=O)[O-].CCCCCCCC(=O)[O-].CCCCCCCC(=O)[O-].CCCCCCCC(=O)[O-].[Os+4]. The van der Waals surface area contributed by atoms with Gasteiger partial charge in [0.2, 0.25) is 0 Å². The molecule has 8 nitrogen and oxygen atoms in total. The van der Waals surface area contributed by atoms with Gasteiger partial charge < -0.3 is 39.6 Å². The number of carboxylic acid groups (broad SMARTS) is 4. The van der Waals surface area contributed by atoms with Crippen LogP contribution in [0.3, 0.4) is 0 Å². The summed E-state index contributed by atoms with van der Waals surface area (Å²) in [5.74, 6) is -3.68. The third kappa shape index (κ3) is 73.0. The van der Waals surface area contributed by atoms with Crippen LogP contribution in [0.5, 0.6) is 0 Å². The third-order valence-corrected chi connectivity index (χ3v) is 5.94. The summed E-state index contributed by atoms with van der Waals surface area (Å²) >= 11 is 0. The van der Waals surface area contributed by atoms with Crippen molar-refractivity contribution in [3.63, 3.8) is 0 Å². The van der Waals surface area contributed by atoms with Crippen molar-refractivity contribution in [2.24, 2.45) is 0 Å². The van der Waals surface area contributed by atoms with E-state index in [-0.39, 0.29) is 45.5 Å². The second kappa shape index (κ2) is 45.5. The largest absolute Gasteiger partial charge is 4.00 e. The van der Waals surface area contributed by atoms with Gasteiger partial charge in [-0.3, -0.25) is 0 Å². The summed E-state index contributed by atoms with van der Waals surface area (Å²) in [5.41, 5.74) is 0. The zero-order chi connectivity index (χ0) is 31.3. The molecule has 0 bridgehead atoms. The molecule has 0 saturated heterocycles. The second-order valence-corrected chi connectivity index (χ2v) is 10.1. The Morgan fingerprint density at radius 2 is 0.463 bits per heavy atom. The first kappa shape index (κ1) is 49.2. The van der Waals surface area contributed by atoms with Crippen molar-refractivity contribution < 1.29 is 59.4 Å². The number of rotatable bonds is 24. The van der Waals surface area contributed by atoms with E-state index >= 15 is 0 Å². The summed E-state index contributed by atoms with van der Waals surface area (Å²) in [4.78, 5) is 39.7. The van der Waals surface area contributed by atoms with Gasteiger partial charge in [-0.2, -0.15) is 0 Å². The monoisotopic (exact) mass is 764 g/mol. The van der Waals surface area contributed by atoms with E-state index in [1.54, 1.807) is 0 Å². The van der Waals surface area contributed by atoms with Crippen molar-refractivity contribution in [1.29, 1.82) is 0 Å². The van der Waals surface area contributed by atoms with E-state index in [0.717, 1.165) is 77.0 Å². The Kier molecular flexibility index (Phi) is 54.6. The predicted molar refractivity (Wildman–Crippen MR) is 154 cm³/mol. The maximum absolute atomic E-state index is 9.92. The summed E-state index contributed by atoms with van der Waals surface area (Å²) < 4.78 is 0. The van der Waals surface area contributed by atoms with E-state index in [2.05, 4.69) is 27.7 Å². The van der Waals surface area contributed by atoms with Crippen LogP contribution in [0, 0.1) is 0 Å². The Labute approximate surface area is 264 Å². The van der Waals surface area contributed by atoms with Gasteiger partial charge in [0.15, 0.2) is 0 Å². The van der Waals surface area contributed by atoms with Crippen LogP contribution in [-0.2, 0) is 39.0 Å². The molecule has 244 valence electrons. The van der Waals surface area contributed by atoms with Crippen LogP contribution in [0.15, 0.2) is 0 Å². The first-order chi connectivity index (χ1) is 19.1. The van der Waals surface area contributed by atoms with Gasteiger partial charge in [-0.05, 0) is 51.4 Å². The Bertz CT molecular complexity index is 460. The van der Waals surface area contributed by atoms with Crippen LogP contribution in [-0.4, -0.2) is 23.9 Å². The van der Waals surface area contributed by atoms with Crippen molar-refractivity contribution in [3.05, 3.63) is 0 Å². The zero-order valence-electron chi connectivity index (χ0n) is 26.6. The molecule has 0 heterocycles. The summed E-state index contributed by atoms with van der Waals surface area (Å²) in [7, 11) is 0. The van der Waals surface area contributed by atoms with Gasteiger partial charge in [-0.15, -0.1) is 0 Å². The molecule has 0 rings (SSSR count). The van der Waals surface area contributed by atoms with Gasteiger partial charge in [0.05, 0.1) is 0 Å². The molecule has 41 heavy (non-hydrogen) atoms. The summed E-state index contributed by atoms with van der Waals surface area (Å²) in [6.45, 7) is 8.55. The molecular formula is C32H60O8Os. The van der Waals surface area contributed by atoms with E-state index in [9.17, 15) is 39.6 Å². The van der Waals surface area contributed by atoms with Crippen molar-refractivity contribution in [1.82, 2.24) is 0 Å². The van der Waals surface area contributed by atoms with Gasteiger partial charge in [0, 0.05) is 23.9 Å². The number of carboxylic acids is 4. The third-order valence-electron chi connectivity index (χ3n) is 5.94. The predicted octanol–water partition coefficient (Wildman–Crippen LogP) is 4.38. The number of carbonyl (C=O) groups is 4. The van der Waals surface area contributed by atoms with Crippen LogP contribution in [0.2, 0.25) is 0 Å². The van der Waals surface area contributed by atoms with Crippen LogP contribution in [0.25, 0.3) is 0 Å². The van der Waals surface area contributed by atoms with Gasteiger partial charge in [-0.1, -0.05) is 130 Å². The minimum atomic E-state index is -0.920. The Hall–Kier alpha value is -1.48. The Balaban J connectivity index is -0.000000139. The van der Waals surface area contributed by atoms with Gasteiger partial charge >= 0.3 is 19.8 Å². The van der Waals surface area contributed by atoms with E-state index in [4.69, 9.17) is 0 Å². The molecule has 0 N–H and O–H groups in total. The van der Waals surface area contributed by atoms with E-state index in [0.29, 0.717) is 0 Å². The molecule has 0 spiro atoms. The van der Waals surface area contributed by atoms with Crippen LogP contribution >= 0.6 is 0 Å². The molecule has 0 radical (unpaired) electrons. The molecule has 0 aromatic heterocycles. The molecular weight excluding hydrogens is 703 g/mol.